The summed E-state index contributed by atoms with van der Waals surface area (Å²) in [6, 6.07) is 1.76. The number of likely N-dealkylation sites (tertiary alicyclic amines) is 1. The number of hydrogen-bond acceptors (Lipinski definition) is 5. The van der Waals surface area contributed by atoms with Crippen LogP contribution in [-0.2, 0) is 19.1 Å². The van der Waals surface area contributed by atoms with Gasteiger partial charge in [0.05, 0.1) is 20.3 Å². The molecule has 2 atom stereocenters. The summed E-state index contributed by atoms with van der Waals surface area (Å²) in [4.78, 5) is 26.5. The first kappa shape index (κ1) is 20.5. The molecule has 3 aliphatic rings. The number of anilines is 1. The molecule has 1 saturated carbocycles. The van der Waals surface area contributed by atoms with Crippen LogP contribution in [0.5, 0.6) is 0 Å². The topological polar surface area (TPSA) is 96.5 Å². The number of aromatic nitrogens is 2. The fourth-order valence-electron chi connectivity index (χ4n) is 4.12. The first-order chi connectivity index (χ1) is 14.5. The van der Waals surface area contributed by atoms with Crippen molar-refractivity contribution in [2.24, 2.45) is 17.8 Å². The Balaban J connectivity index is 1.30. The maximum Gasteiger partial charge on any atom is 0.245 e. The van der Waals surface area contributed by atoms with Gasteiger partial charge in [-0.3, -0.25) is 14.7 Å². The van der Waals surface area contributed by atoms with Crippen LogP contribution >= 0.6 is 0 Å². The van der Waals surface area contributed by atoms with Crippen molar-refractivity contribution in [2.75, 3.05) is 32.1 Å². The van der Waals surface area contributed by atoms with Crippen LogP contribution in [0.25, 0.3) is 0 Å². The van der Waals surface area contributed by atoms with Crippen molar-refractivity contribution in [3.63, 3.8) is 0 Å². The van der Waals surface area contributed by atoms with Crippen LogP contribution in [0.3, 0.4) is 0 Å². The van der Waals surface area contributed by atoms with E-state index in [9.17, 15) is 9.59 Å². The van der Waals surface area contributed by atoms with Crippen LogP contribution in [0.1, 0.15) is 37.8 Å². The average Bonchev–Trinajstić information content (AvgIpc) is 3.41. The lowest BCUT2D eigenvalue weighted by atomic mass is 9.88. The highest BCUT2D eigenvalue weighted by molar-refractivity contribution is 5.94. The Hall–Kier alpha value is -2.77. The first-order valence-electron chi connectivity index (χ1n) is 10.7. The summed E-state index contributed by atoms with van der Waals surface area (Å²) in [7, 11) is 1.67. The molecule has 2 amide bonds. The number of rotatable bonds is 8. The second-order valence-electron chi connectivity index (χ2n) is 8.53. The van der Waals surface area contributed by atoms with E-state index >= 15 is 0 Å². The van der Waals surface area contributed by atoms with Crippen molar-refractivity contribution in [3.05, 3.63) is 35.4 Å². The highest BCUT2D eigenvalue weighted by Gasteiger charge is 2.35. The number of allylic oxidation sites excluding steroid dienone is 3. The quantitative estimate of drug-likeness (QED) is 0.682. The van der Waals surface area contributed by atoms with E-state index in [4.69, 9.17) is 9.47 Å². The van der Waals surface area contributed by atoms with Gasteiger partial charge in [0.25, 0.3) is 0 Å². The number of nitrogens with one attached hydrogen (secondary N) is 2. The Kier molecular flexibility index (Phi) is 6.11. The van der Waals surface area contributed by atoms with Crippen LogP contribution in [-0.4, -0.2) is 53.7 Å². The monoisotopic (exact) mass is 414 g/mol. The lowest BCUT2D eigenvalue weighted by Crippen LogP contribution is -2.34. The van der Waals surface area contributed by atoms with Gasteiger partial charge in [-0.05, 0) is 50.0 Å². The fraction of sp³-hybridized carbons (Fsp3) is 0.591. The number of carbonyl (C=O) groups is 2. The Bertz CT molecular complexity index is 855. The minimum absolute atomic E-state index is 0.0242. The Morgan fingerprint density at radius 1 is 1.37 bits per heavy atom. The maximum absolute atomic E-state index is 12.5. The highest BCUT2D eigenvalue weighted by atomic mass is 16.5. The molecule has 0 aromatic carbocycles. The summed E-state index contributed by atoms with van der Waals surface area (Å²) < 4.78 is 11.5. The van der Waals surface area contributed by atoms with Crippen molar-refractivity contribution in [1.82, 2.24) is 15.1 Å². The number of H-pyrrole nitrogens is 1. The van der Waals surface area contributed by atoms with E-state index in [-0.39, 0.29) is 30.2 Å². The van der Waals surface area contributed by atoms with Gasteiger partial charge in [-0.2, -0.15) is 5.10 Å². The molecule has 2 unspecified atom stereocenters. The molecule has 1 aromatic heterocycles. The second kappa shape index (κ2) is 8.93. The summed E-state index contributed by atoms with van der Waals surface area (Å²) in [5.41, 5.74) is 0.868. The molecule has 30 heavy (non-hydrogen) atoms. The predicted molar refractivity (Wildman–Crippen MR) is 111 cm³/mol. The van der Waals surface area contributed by atoms with Crippen molar-refractivity contribution in [1.29, 1.82) is 0 Å². The number of aryl methyl sites for hydroxylation is 1. The SMILES string of the molecule is COC1=C(OCC2CC2)CCC(C2CC(=O)N(CC(=O)Nc3cc(C)[nH]n3)C2)C=C1. The van der Waals surface area contributed by atoms with Crippen LogP contribution in [0.15, 0.2) is 29.7 Å². The van der Waals surface area contributed by atoms with Gasteiger partial charge in [-0.25, -0.2) is 0 Å². The molecule has 0 spiro atoms. The van der Waals surface area contributed by atoms with E-state index in [0.29, 0.717) is 24.7 Å². The van der Waals surface area contributed by atoms with Gasteiger partial charge in [-0.1, -0.05) is 6.08 Å². The molecular weight excluding hydrogens is 384 g/mol. The summed E-state index contributed by atoms with van der Waals surface area (Å²) in [5.74, 6) is 3.10. The molecule has 8 heteroatoms. The third-order valence-electron chi connectivity index (χ3n) is 6.04. The van der Waals surface area contributed by atoms with Crippen LogP contribution in [0.2, 0.25) is 0 Å². The van der Waals surface area contributed by atoms with Crippen LogP contribution in [0.4, 0.5) is 5.82 Å². The third-order valence-corrected chi connectivity index (χ3v) is 6.04. The smallest absolute Gasteiger partial charge is 0.245 e. The summed E-state index contributed by atoms with van der Waals surface area (Å²) in [5, 5.41) is 9.52. The van der Waals surface area contributed by atoms with Gasteiger partial charge in [0.15, 0.2) is 11.6 Å². The van der Waals surface area contributed by atoms with Gasteiger partial charge in [0, 0.05) is 31.1 Å². The molecule has 2 N–H and O–H groups in total. The lowest BCUT2D eigenvalue weighted by molar-refractivity contribution is -0.131. The molecule has 1 aromatic rings. The van der Waals surface area contributed by atoms with E-state index < -0.39 is 0 Å². The van der Waals surface area contributed by atoms with Gasteiger partial charge < -0.3 is 19.7 Å². The molecule has 1 saturated heterocycles. The van der Waals surface area contributed by atoms with Gasteiger partial charge in [0.1, 0.15) is 5.76 Å². The molecular formula is C22H30N4O4. The zero-order valence-electron chi connectivity index (χ0n) is 17.6. The predicted octanol–water partition coefficient (Wildman–Crippen LogP) is 2.76. The second-order valence-corrected chi connectivity index (χ2v) is 8.53. The molecule has 8 nitrogen and oxygen atoms in total. The lowest BCUT2D eigenvalue weighted by Gasteiger charge is -2.20. The largest absolute Gasteiger partial charge is 0.494 e. The number of amides is 2. The minimum atomic E-state index is -0.231. The molecule has 0 bridgehead atoms. The average molecular weight is 415 g/mol. The molecule has 2 fully saturated rings. The zero-order valence-corrected chi connectivity index (χ0v) is 17.6. The van der Waals surface area contributed by atoms with E-state index in [1.54, 1.807) is 18.1 Å². The molecule has 4 rings (SSSR count). The third kappa shape index (κ3) is 5.04. The van der Waals surface area contributed by atoms with Crippen molar-refractivity contribution in [2.45, 2.75) is 39.0 Å². The fourth-order valence-corrected chi connectivity index (χ4v) is 4.12. The zero-order chi connectivity index (χ0) is 21.1. The highest BCUT2D eigenvalue weighted by Crippen LogP contribution is 2.35. The van der Waals surface area contributed by atoms with E-state index in [1.165, 1.54) is 12.8 Å². The molecule has 162 valence electrons. The number of methoxy groups -OCH3 is 1. The molecule has 2 aliphatic carbocycles. The van der Waals surface area contributed by atoms with E-state index in [2.05, 4.69) is 21.6 Å². The number of nitrogens with zero attached hydrogens (tertiary/aromatic N) is 2. The maximum atomic E-state index is 12.5. The van der Waals surface area contributed by atoms with Crippen LogP contribution < -0.4 is 5.32 Å². The number of ether oxygens (including phenoxy) is 2. The van der Waals surface area contributed by atoms with Crippen LogP contribution in [0, 0.1) is 24.7 Å². The Morgan fingerprint density at radius 3 is 2.90 bits per heavy atom. The molecule has 1 aliphatic heterocycles. The minimum Gasteiger partial charge on any atom is -0.494 e. The van der Waals surface area contributed by atoms with Crippen molar-refractivity contribution in [3.8, 4) is 0 Å². The van der Waals surface area contributed by atoms with Gasteiger partial charge >= 0.3 is 0 Å². The molecule has 0 radical (unpaired) electrons. The van der Waals surface area contributed by atoms with E-state index in [1.807, 2.05) is 13.0 Å². The number of hydrogen-bond donors (Lipinski definition) is 2. The molecule has 2 heterocycles. The van der Waals surface area contributed by atoms with Gasteiger partial charge in [-0.15, -0.1) is 0 Å². The van der Waals surface area contributed by atoms with Gasteiger partial charge in [0.2, 0.25) is 11.8 Å². The summed E-state index contributed by atoms with van der Waals surface area (Å²) in [6.45, 7) is 3.27. The van der Waals surface area contributed by atoms with Crippen molar-refractivity contribution < 1.29 is 19.1 Å². The first-order valence-corrected chi connectivity index (χ1v) is 10.7. The summed E-state index contributed by atoms with van der Waals surface area (Å²) in [6.07, 6.45) is 8.80. The Labute approximate surface area is 176 Å². The van der Waals surface area contributed by atoms with E-state index in [0.717, 1.165) is 36.7 Å². The summed E-state index contributed by atoms with van der Waals surface area (Å²) >= 11 is 0. The Morgan fingerprint density at radius 2 is 2.20 bits per heavy atom. The number of carbonyl (C=O) groups excluding carboxylic acids is 2. The normalized spacial score (nSPS) is 24.2. The standard InChI is InChI=1S/C22H30N4O4/c1-14-9-20(25-24-14)23-21(27)12-26-11-17(10-22(26)28)16-5-7-18(29-2)19(8-6-16)30-13-15-3-4-15/h5,7,9,15-17H,3-4,6,8,10-13H2,1-2H3,(H2,23,24,25,27). The van der Waals surface area contributed by atoms with Crippen molar-refractivity contribution >= 4 is 17.6 Å². The number of aromatic amines is 1.